The fourth-order valence-corrected chi connectivity index (χ4v) is 3.94. The minimum absolute atomic E-state index is 0.134. The molecule has 4 heteroatoms. The highest BCUT2D eigenvalue weighted by molar-refractivity contribution is 5.48. The van der Waals surface area contributed by atoms with E-state index in [0.29, 0.717) is 12.8 Å². The molecular weight excluding hydrogens is 313 g/mol. The zero-order chi connectivity index (χ0) is 17.6. The number of rotatable bonds is 1. The Morgan fingerprint density at radius 3 is 1.75 bits per heavy atom. The second kappa shape index (κ2) is 6.15. The molecule has 0 aromatic heterocycles. The molecule has 1 nitrogen and oxygen atoms in total. The Balaban J connectivity index is 2.23. The maximum absolute atomic E-state index is 14.8. The summed E-state index contributed by atoms with van der Waals surface area (Å²) in [4.78, 5) is 0. The summed E-state index contributed by atoms with van der Waals surface area (Å²) in [6.45, 7) is 6.11. The molecule has 2 aromatic carbocycles. The number of aryl methyl sites for hydroxylation is 2. The Kier molecular flexibility index (Phi) is 4.33. The summed E-state index contributed by atoms with van der Waals surface area (Å²) in [5.74, 6) is -3.18. The molecule has 24 heavy (non-hydrogen) atoms. The highest BCUT2D eigenvalue weighted by atomic mass is 19.2. The van der Waals surface area contributed by atoms with E-state index in [0.717, 1.165) is 22.3 Å². The van der Waals surface area contributed by atoms with Crippen molar-refractivity contribution in [1.82, 2.24) is 0 Å². The van der Waals surface area contributed by atoms with Crippen molar-refractivity contribution >= 4 is 0 Å². The van der Waals surface area contributed by atoms with E-state index in [1.165, 1.54) is 12.7 Å². The van der Waals surface area contributed by atoms with Gasteiger partial charge >= 0.3 is 0 Å². The highest BCUT2D eigenvalue weighted by Gasteiger charge is 2.27. The van der Waals surface area contributed by atoms with Crippen LogP contribution < -0.4 is 4.74 Å². The van der Waals surface area contributed by atoms with Crippen LogP contribution >= 0.6 is 0 Å². The van der Waals surface area contributed by atoms with Gasteiger partial charge in [-0.15, -0.1) is 0 Å². The molecule has 0 fully saturated rings. The maximum atomic E-state index is 14.8. The van der Waals surface area contributed by atoms with Gasteiger partial charge in [0.25, 0.3) is 0 Å². The van der Waals surface area contributed by atoms with Gasteiger partial charge in [-0.05, 0) is 74.3 Å². The van der Waals surface area contributed by atoms with Crippen molar-refractivity contribution in [3.63, 3.8) is 0 Å². The predicted molar refractivity (Wildman–Crippen MR) is 88.3 cm³/mol. The van der Waals surface area contributed by atoms with Gasteiger partial charge in [-0.2, -0.15) is 4.39 Å². The topological polar surface area (TPSA) is 9.23 Å². The number of ether oxygens (including phenoxy) is 1. The minimum Gasteiger partial charge on any atom is -0.493 e. The number of methoxy groups -OCH3 is 1. The van der Waals surface area contributed by atoms with Gasteiger partial charge in [0.05, 0.1) is 7.11 Å². The summed E-state index contributed by atoms with van der Waals surface area (Å²) in [7, 11) is 1.24. The van der Waals surface area contributed by atoms with Gasteiger partial charge in [-0.25, -0.2) is 8.78 Å². The smallest absolute Gasteiger partial charge is 0.201 e. The third-order valence-electron chi connectivity index (χ3n) is 5.21. The van der Waals surface area contributed by atoms with Crippen molar-refractivity contribution < 1.29 is 17.9 Å². The first kappa shape index (κ1) is 16.9. The minimum atomic E-state index is -1.13. The summed E-state index contributed by atoms with van der Waals surface area (Å²) in [6, 6.07) is 2.12. The largest absolute Gasteiger partial charge is 0.493 e. The van der Waals surface area contributed by atoms with E-state index in [9.17, 15) is 13.2 Å². The van der Waals surface area contributed by atoms with Crippen LogP contribution in [0.1, 0.15) is 38.9 Å². The van der Waals surface area contributed by atoms with E-state index < -0.39 is 17.5 Å². The number of halogens is 3. The predicted octanol–water partition coefficient (Wildman–Crippen LogP) is 4.92. The van der Waals surface area contributed by atoms with Crippen LogP contribution in [0.5, 0.6) is 5.75 Å². The van der Waals surface area contributed by atoms with Gasteiger partial charge in [0.15, 0.2) is 11.6 Å². The summed E-state index contributed by atoms with van der Waals surface area (Å²) < 4.78 is 48.4. The number of fused-ring (bicyclic) bond motifs is 4. The van der Waals surface area contributed by atoms with Crippen LogP contribution in [0.4, 0.5) is 13.2 Å². The van der Waals surface area contributed by atoms with Crippen molar-refractivity contribution in [2.45, 2.75) is 46.5 Å². The first-order valence-corrected chi connectivity index (χ1v) is 8.17. The van der Waals surface area contributed by atoms with Crippen LogP contribution in [0, 0.1) is 38.2 Å². The molecule has 0 atom stereocenters. The summed E-state index contributed by atoms with van der Waals surface area (Å²) in [6.07, 6.45) is 1.48. The van der Waals surface area contributed by atoms with E-state index in [1.54, 1.807) is 0 Å². The highest BCUT2D eigenvalue weighted by Crippen LogP contribution is 2.35. The van der Waals surface area contributed by atoms with Crippen LogP contribution in [-0.4, -0.2) is 7.11 Å². The third-order valence-corrected chi connectivity index (χ3v) is 5.21. The Morgan fingerprint density at radius 2 is 1.21 bits per heavy atom. The first-order chi connectivity index (χ1) is 11.4. The van der Waals surface area contributed by atoms with Gasteiger partial charge in [-0.3, -0.25) is 0 Å². The molecule has 0 N–H and O–H groups in total. The molecule has 1 aliphatic carbocycles. The Bertz CT molecular complexity index is 825. The molecule has 2 aromatic rings. The zero-order valence-corrected chi connectivity index (χ0v) is 14.4. The van der Waals surface area contributed by atoms with Crippen molar-refractivity contribution in [3.8, 4) is 5.75 Å². The number of hydrogen-bond donors (Lipinski definition) is 0. The molecule has 0 spiro atoms. The molecule has 0 saturated heterocycles. The lowest BCUT2D eigenvalue weighted by atomic mass is 9.85. The van der Waals surface area contributed by atoms with Gasteiger partial charge in [0.1, 0.15) is 5.82 Å². The molecule has 0 saturated carbocycles. The molecule has 0 amide bonds. The quantitative estimate of drug-likeness (QED) is 0.673. The van der Waals surface area contributed by atoms with Crippen LogP contribution in [0.2, 0.25) is 0 Å². The van der Waals surface area contributed by atoms with Gasteiger partial charge in [0, 0.05) is 11.1 Å². The van der Waals surface area contributed by atoms with Crippen LogP contribution in [-0.2, 0) is 25.7 Å². The Morgan fingerprint density at radius 1 is 0.708 bits per heavy atom. The number of hydrogen-bond acceptors (Lipinski definition) is 1. The summed E-state index contributed by atoms with van der Waals surface area (Å²) >= 11 is 0. The lowest BCUT2D eigenvalue weighted by molar-refractivity contribution is 0.356. The van der Waals surface area contributed by atoms with E-state index >= 15 is 0 Å². The summed E-state index contributed by atoms with van der Waals surface area (Å²) in [5, 5.41) is 0. The van der Waals surface area contributed by atoms with Crippen molar-refractivity contribution in [1.29, 1.82) is 0 Å². The third kappa shape index (κ3) is 2.48. The average molecular weight is 334 g/mol. The lowest BCUT2D eigenvalue weighted by Gasteiger charge is -2.22. The lowest BCUT2D eigenvalue weighted by Crippen LogP contribution is -2.13. The molecular formula is C20H21F3O. The monoisotopic (exact) mass is 334 g/mol. The second-order valence-corrected chi connectivity index (χ2v) is 6.52. The molecule has 3 rings (SSSR count). The van der Waals surface area contributed by atoms with Crippen molar-refractivity contribution in [3.05, 3.63) is 62.5 Å². The van der Waals surface area contributed by atoms with E-state index in [1.807, 2.05) is 13.8 Å². The van der Waals surface area contributed by atoms with Crippen LogP contribution in [0.15, 0.2) is 6.07 Å². The Labute approximate surface area is 140 Å². The molecule has 0 radical (unpaired) electrons. The first-order valence-electron chi connectivity index (χ1n) is 8.17. The van der Waals surface area contributed by atoms with Crippen LogP contribution in [0.3, 0.4) is 0 Å². The van der Waals surface area contributed by atoms with E-state index in [4.69, 9.17) is 4.74 Å². The fourth-order valence-electron chi connectivity index (χ4n) is 3.94. The number of benzene rings is 2. The SMILES string of the molecule is COc1c(F)c(F)c2c(F)c1CCc1c(C)cc(C)c(c1C)CC2. The maximum Gasteiger partial charge on any atom is 0.201 e. The average Bonchev–Trinajstić information content (AvgIpc) is 2.53. The van der Waals surface area contributed by atoms with Crippen molar-refractivity contribution in [2.24, 2.45) is 0 Å². The van der Waals surface area contributed by atoms with Gasteiger partial charge < -0.3 is 4.74 Å². The standard InChI is InChI=1S/C20H21F3O/c1-10-9-11(2)14-6-8-16-17(21)15(7-5-13(10)12(14)3)18(22)19(23)20(16)24-4/h9H,5-8H2,1-4H3. The second-order valence-electron chi connectivity index (χ2n) is 6.52. The molecule has 0 aliphatic heterocycles. The molecule has 128 valence electrons. The zero-order valence-electron chi connectivity index (χ0n) is 14.4. The van der Waals surface area contributed by atoms with Crippen LogP contribution in [0.25, 0.3) is 0 Å². The van der Waals surface area contributed by atoms with E-state index in [2.05, 4.69) is 13.0 Å². The normalized spacial score (nSPS) is 13.8. The van der Waals surface area contributed by atoms with Gasteiger partial charge in [-0.1, -0.05) is 6.07 Å². The molecule has 1 aliphatic rings. The van der Waals surface area contributed by atoms with Gasteiger partial charge in [0.2, 0.25) is 5.82 Å². The fraction of sp³-hybridized carbons (Fsp3) is 0.400. The van der Waals surface area contributed by atoms with Crippen molar-refractivity contribution in [2.75, 3.05) is 7.11 Å². The Hall–Kier alpha value is -1.97. The van der Waals surface area contributed by atoms with E-state index in [-0.39, 0.29) is 29.7 Å². The molecule has 4 bridgehead atoms. The summed E-state index contributed by atoms with van der Waals surface area (Å²) in [5.41, 5.74) is 5.67. The molecule has 0 unspecified atom stereocenters. The molecule has 0 heterocycles.